The van der Waals surface area contributed by atoms with Crippen molar-refractivity contribution in [2.24, 2.45) is 0 Å². The summed E-state index contributed by atoms with van der Waals surface area (Å²) in [6.07, 6.45) is 2.98. The lowest BCUT2D eigenvalue weighted by atomic mass is 9.91. The molecule has 0 radical (unpaired) electrons. The summed E-state index contributed by atoms with van der Waals surface area (Å²) in [5.41, 5.74) is 3.77. The predicted molar refractivity (Wildman–Crippen MR) is 122 cm³/mol. The zero-order valence-corrected chi connectivity index (χ0v) is 18.8. The average molecular weight is 457 g/mol. The molecule has 1 atom stereocenters. The van der Waals surface area contributed by atoms with E-state index in [0.717, 1.165) is 34.1 Å². The van der Waals surface area contributed by atoms with E-state index in [1.54, 1.807) is 13.0 Å². The van der Waals surface area contributed by atoms with Crippen molar-refractivity contribution in [1.82, 2.24) is 9.88 Å². The maximum atomic E-state index is 14.0. The molecule has 7 heteroatoms. The highest BCUT2D eigenvalue weighted by Crippen LogP contribution is 2.33. The Bertz CT molecular complexity index is 1160. The Morgan fingerprint density at radius 3 is 2.84 bits per heavy atom. The van der Waals surface area contributed by atoms with Gasteiger partial charge in [0.05, 0.1) is 6.61 Å². The lowest BCUT2D eigenvalue weighted by molar-refractivity contribution is -0.143. The molecule has 1 N–H and O–H groups in total. The zero-order valence-electron chi connectivity index (χ0n) is 18.0. The Morgan fingerprint density at radius 2 is 2.06 bits per heavy atom. The van der Waals surface area contributed by atoms with Gasteiger partial charge in [-0.15, -0.1) is 0 Å². The number of amides is 1. The van der Waals surface area contributed by atoms with Crippen molar-refractivity contribution in [2.75, 3.05) is 6.61 Å². The number of halogens is 2. The fraction of sp³-hybridized carbons (Fsp3) is 0.360. The Hall–Kier alpha value is -2.86. The topological polar surface area (TPSA) is 60.3 Å². The maximum Gasteiger partial charge on any atom is 0.325 e. The lowest BCUT2D eigenvalue weighted by Crippen LogP contribution is -2.39. The van der Waals surface area contributed by atoms with Crippen LogP contribution < -0.4 is 5.32 Å². The van der Waals surface area contributed by atoms with Gasteiger partial charge in [-0.25, -0.2) is 4.39 Å². The van der Waals surface area contributed by atoms with Crippen LogP contribution in [0.4, 0.5) is 4.39 Å². The molecular weight excluding hydrogens is 431 g/mol. The molecule has 0 fully saturated rings. The standard InChI is InChI=1S/C25H26ClFN2O3/c1-2-32-25(31)15-29-22-10-8-17(27)13-19(22)20-14-18(9-11-23(20)29)28-24(30)12-7-16-5-3-4-6-21(16)26/h3-6,8,10,13,18H,2,7,9,11-12,14-15H2,1H3,(H,28,30)/t18-/m0/s1. The minimum Gasteiger partial charge on any atom is -0.465 e. The number of nitrogens with zero attached hydrogens (tertiary/aromatic N) is 1. The van der Waals surface area contributed by atoms with Crippen molar-refractivity contribution in [3.63, 3.8) is 0 Å². The Balaban J connectivity index is 1.49. The molecule has 1 amide bonds. The molecule has 0 unspecified atom stereocenters. The highest BCUT2D eigenvalue weighted by atomic mass is 35.5. The van der Waals surface area contributed by atoms with Crippen LogP contribution in [0.1, 0.15) is 36.6 Å². The third-order valence-electron chi connectivity index (χ3n) is 5.97. The van der Waals surface area contributed by atoms with E-state index in [4.69, 9.17) is 16.3 Å². The molecular formula is C25H26ClFN2O3. The number of carbonyl (C=O) groups excluding carboxylic acids is 2. The molecule has 1 aromatic heterocycles. The van der Waals surface area contributed by atoms with E-state index in [1.807, 2.05) is 28.8 Å². The van der Waals surface area contributed by atoms with Gasteiger partial charge in [-0.2, -0.15) is 0 Å². The number of hydrogen-bond acceptors (Lipinski definition) is 3. The van der Waals surface area contributed by atoms with Gasteiger partial charge in [0, 0.05) is 34.1 Å². The smallest absolute Gasteiger partial charge is 0.325 e. The van der Waals surface area contributed by atoms with Crippen LogP contribution in [-0.2, 0) is 40.1 Å². The second-order valence-corrected chi connectivity index (χ2v) is 8.48. The van der Waals surface area contributed by atoms with Gasteiger partial charge in [-0.05, 0) is 68.0 Å². The fourth-order valence-corrected chi connectivity index (χ4v) is 4.74. The summed E-state index contributed by atoms with van der Waals surface area (Å²) in [4.78, 5) is 24.7. The number of aromatic nitrogens is 1. The molecule has 1 aliphatic carbocycles. The van der Waals surface area contributed by atoms with Gasteiger partial charge in [0.15, 0.2) is 0 Å². The third kappa shape index (κ3) is 4.80. The summed E-state index contributed by atoms with van der Waals surface area (Å²) in [5.74, 6) is -0.661. The number of nitrogens with one attached hydrogen (secondary N) is 1. The first-order chi connectivity index (χ1) is 15.5. The number of benzene rings is 2. The second kappa shape index (κ2) is 9.74. The molecule has 0 aliphatic heterocycles. The fourth-order valence-electron chi connectivity index (χ4n) is 4.51. The zero-order chi connectivity index (χ0) is 22.7. The van der Waals surface area contributed by atoms with Gasteiger partial charge >= 0.3 is 5.97 Å². The van der Waals surface area contributed by atoms with Crippen molar-refractivity contribution < 1.29 is 18.7 Å². The summed E-state index contributed by atoms with van der Waals surface area (Å²) < 4.78 is 21.1. The molecule has 4 rings (SSSR count). The van der Waals surface area contributed by atoms with E-state index >= 15 is 0 Å². The highest BCUT2D eigenvalue weighted by Gasteiger charge is 2.27. The van der Waals surface area contributed by atoms with Crippen LogP contribution in [-0.4, -0.2) is 29.1 Å². The molecule has 5 nitrogen and oxygen atoms in total. The number of esters is 1. The van der Waals surface area contributed by atoms with Crippen molar-refractivity contribution in [3.05, 3.63) is 70.1 Å². The second-order valence-electron chi connectivity index (χ2n) is 8.08. The van der Waals surface area contributed by atoms with E-state index in [1.165, 1.54) is 12.1 Å². The van der Waals surface area contributed by atoms with Crippen molar-refractivity contribution in [2.45, 2.75) is 51.6 Å². The molecule has 1 heterocycles. The van der Waals surface area contributed by atoms with Crippen LogP contribution in [0.5, 0.6) is 0 Å². The summed E-state index contributed by atoms with van der Waals surface area (Å²) in [7, 11) is 0. The van der Waals surface area contributed by atoms with Gasteiger partial charge in [0.2, 0.25) is 5.91 Å². The first-order valence-corrected chi connectivity index (χ1v) is 11.3. The van der Waals surface area contributed by atoms with Crippen LogP contribution in [0.25, 0.3) is 10.9 Å². The van der Waals surface area contributed by atoms with E-state index in [2.05, 4.69) is 5.32 Å². The quantitative estimate of drug-likeness (QED) is 0.528. The highest BCUT2D eigenvalue weighted by molar-refractivity contribution is 6.31. The maximum absolute atomic E-state index is 14.0. The summed E-state index contributed by atoms with van der Waals surface area (Å²) in [5, 5.41) is 4.58. The monoisotopic (exact) mass is 456 g/mol. The van der Waals surface area contributed by atoms with E-state index < -0.39 is 0 Å². The first kappa shape index (κ1) is 22.3. The summed E-state index contributed by atoms with van der Waals surface area (Å²) in [6.45, 7) is 2.19. The molecule has 32 heavy (non-hydrogen) atoms. The molecule has 2 aromatic carbocycles. The molecule has 168 valence electrons. The number of aryl methyl sites for hydroxylation is 1. The van der Waals surface area contributed by atoms with Crippen LogP contribution in [0, 0.1) is 5.82 Å². The molecule has 0 saturated carbocycles. The number of ether oxygens (including phenoxy) is 1. The summed E-state index contributed by atoms with van der Waals surface area (Å²) in [6, 6.07) is 12.1. The van der Waals surface area contributed by atoms with E-state index in [9.17, 15) is 14.0 Å². The number of fused-ring (bicyclic) bond motifs is 3. The number of carbonyl (C=O) groups is 2. The molecule has 1 aliphatic rings. The van der Waals surface area contributed by atoms with Gasteiger partial charge in [-0.3, -0.25) is 9.59 Å². The molecule has 0 spiro atoms. The van der Waals surface area contributed by atoms with E-state index in [-0.39, 0.29) is 30.3 Å². The molecule has 3 aromatic rings. The van der Waals surface area contributed by atoms with E-state index in [0.29, 0.717) is 37.3 Å². The third-order valence-corrected chi connectivity index (χ3v) is 6.33. The Labute approximate surface area is 191 Å². The van der Waals surface area contributed by atoms with Crippen molar-refractivity contribution in [3.8, 4) is 0 Å². The van der Waals surface area contributed by atoms with Crippen molar-refractivity contribution >= 4 is 34.4 Å². The minimum atomic E-state index is -0.320. The van der Waals surface area contributed by atoms with Gasteiger partial charge < -0.3 is 14.6 Å². The molecule has 0 bridgehead atoms. The Morgan fingerprint density at radius 1 is 1.25 bits per heavy atom. The van der Waals surface area contributed by atoms with Crippen LogP contribution in [0.3, 0.4) is 0 Å². The number of hydrogen-bond donors (Lipinski definition) is 1. The van der Waals surface area contributed by atoms with Crippen LogP contribution >= 0.6 is 11.6 Å². The largest absolute Gasteiger partial charge is 0.465 e. The number of rotatable bonds is 7. The first-order valence-electron chi connectivity index (χ1n) is 10.9. The SMILES string of the molecule is CCOC(=O)Cn1c2c(c3cc(F)ccc31)C[C@@H](NC(=O)CCc1ccccc1Cl)CC2. The van der Waals surface area contributed by atoms with Crippen molar-refractivity contribution in [1.29, 1.82) is 0 Å². The van der Waals surface area contributed by atoms with Crippen LogP contribution in [0.2, 0.25) is 5.02 Å². The normalized spacial score (nSPS) is 15.4. The van der Waals surface area contributed by atoms with Crippen LogP contribution in [0.15, 0.2) is 42.5 Å². The van der Waals surface area contributed by atoms with Gasteiger partial charge in [0.25, 0.3) is 0 Å². The minimum absolute atomic E-state index is 0.0280. The summed E-state index contributed by atoms with van der Waals surface area (Å²) >= 11 is 6.18. The predicted octanol–water partition coefficient (Wildman–Crippen LogP) is 4.60. The lowest BCUT2D eigenvalue weighted by Gasteiger charge is -2.25. The average Bonchev–Trinajstić information content (AvgIpc) is 3.05. The van der Waals surface area contributed by atoms with Gasteiger partial charge in [0.1, 0.15) is 12.4 Å². The Kier molecular flexibility index (Phi) is 6.80. The van der Waals surface area contributed by atoms with Gasteiger partial charge in [-0.1, -0.05) is 29.8 Å². The molecule has 0 saturated heterocycles.